The fraction of sp³-hybridized carbons (Fsp3) is 0.214. The first-order valence-electron chi connectivity index (χ1n) is 6.09. The molecule has 1 aromatic carbocycles. The lowest BCUT2D eigenvalue weighted by molar-refractivity contribution is 0.111. The van der Waals surface area contributed by atoms with E-state index < -0.39 is 0 Å². The van der Waals surface area contributed by atoms with Gasteiger partial charge >= 0.3 is 0 Å². The van der Waals surface area contributed by atoms with Crippen LogP contribution < -0.4 is 19.9 Å². The maximum absolute atomic E-state index is 11.0. The van der Waals surface area contributed by atoms with Crippen molar-refractivity contribution in [1.82, 2.24) is 9.97 Å². The Bertz CT molecular complexity index is 646. The van der Waals surface area contributed by atoms with Gasteiger partial charge in [0.1, 0.15) is 24.3 Å². The van der Waals surface area contributed by atoms with E-state index in [4.69, 9.17) is 19.9 Å². The van der Waals surface area contributed by atoms with E-state index in [1.807, 2.05) is 6.07 Å². The zero-order chi connectivity index (χ0) is 15.2. The highest BCUT2D eigenvalue weighted by Crippen LogP contribution is 2.28. The van der Waals surface area contributed by atoms with Crippen molar-refractivity contribution in [2.75, 3.05) is 20.0 Å². The molecule has 7 nitrogen and oxygen atoms in total. The number of nitrogen functional groups attached to an aromatic ring is 1. The highest BCUT2D eigenvalue weighted by Gasteiger charge is 2.10. The Kier molecular flexibility index (Phi) is 4.55. The van der Waals surface area contributed by atoms with Crippen LogP contribution in [0.2, 0.25) is 0 Å². The molecule has 0 saturated carbocycles. The number of benzene rings is 1. The van der Waals surface area contributed by atoms with Crippen molar-refractivity contribution in [2.45, 2.75) is 6.61 Å². The van der Waals surface area contributed by atoms with Gasteiger partial charge in [0.2, 0.25) is 5.88 Å². The zero-order valence-corrected chi connectivity index (χ0v) is 11.7. The number of ether oxygens (including phenoxy) is 3. The summed E-state index contributed by atoms with van der Waals surface area (Å²) in [5.74, 6) is 1.45. The van der Waals surface area contributed by atoms with Crippen molar-refractivity contribution >= 4 is 12.1 Å². The van der Waals surface area contributed by atoms with Crippen LogP contribution in [-0.4, -0.2) is 30.5 Å². The van der Waals surface area contributed by atoms with Crippen LogP contribution in [0.5, 0.6) is 17.4 Å². The van der Waals surface area contributed by atoms with Crippen molar-refractivity contribution in [3.8, 4) is 17.4 Å². The molecule has 0 aliphatic heterocycles. The van der Waals surface area contributed by atoms with Gasteiger partial charge in [-0.2, -0.15) is 0 Å². The largest absolute Gasteiger partial charge is 0.493 e. The van der Waals surface area contributed by atoms with Gasteiger partial charge in [-0.15, -0.1) is 0 Å². The van der Waals surface area contributed by atoms with Crippen LogP contribution in [0.15, 0.2) is 24.5 Å². The minimum absolute atomic E-state index is 0.0855. The second-order valence-corrected chi connectivity index (χ2v) is 4.07. The topological polar surface area (TPSA) is 96.6 Å². The standard InChI is InChI=1S/C14H15N3O4/c1-19-11-4-3-9(5-12(11)20-2)7-21-14-10(6-18)13(15)16-8-17-14/h3-6,8H,7H2,1-2H3,(H2,15,16,17). The van der Waals surface area contributed by atoms with E-state index in [0.717, 1.165) is 5.56 Å². The third-order valence-corrected chi connectivity index (χ3v) is 2.82. The van der Waals surface area contributed by atoms with E-state index in [2.05, 4.69) is 9.97 Å². The molecular weight excluding hydrogens is 274 g/mol. The average Bonchev–Trinajstić information content (AvgIpc) is 2.52. The number of methoxy groups -OCH3 is 2. The van der Waals surface area contributed by atoms with Crippen LogP contribution in [0.25, 0.3) is 0 Å². The van der Waals surface area contributed by atoms with Gasteiger partial charge in [0.05, 0.1) is 14.2 Å². The molecule has 0 fully saturated rings. The second kappa shape index (κ2) is 6.56. The smallest absolute Gasteiger partial charge is 0.229 e. The average molecular weight is 289 g/mol. The minimum Gasteiger partial charge on any atom is -0.493 e. The van der Waals surface area contributed by atoms with Gasteiger partial charge in [0.25, 0.3) is 0 Å². The molecule has 0 spiro atoms. The fourth-order valence-corrected chi connectivity index (χ4v) is 1.74. The van der Waals surface area contributed by atoms with Gasteiger partial charge in [-0.05, 0) is 17.7 Å². The number of aromatic nitrogens is 2. The Hall–Kier alpha value is -2.83. The Morgan fingerprint density at radius 3 is 2.62 bits per heavy atom. The van der Waals surface area contributed by atoms with Gasteiger partial charge in [-0.1, -0.05) is 6.07 Å². The van der Waals surface area contributed by atoms with E-state index in [9.17, 15) is 4.79 Å². The van der Waals surface area contributed by atoms with E-state index >= 15 is 0 Å². The van der Waals surface area contributed by atoms with Crippen LogP contribution in [-0.2, 0) is 6.61 Å². The normalized spacial score (nSPS) is 10.0. The molecule has 2 aromatic rings. The molecule has 1 heterocycles. The summed E-state index contributed by atoms with van der Waals surface area (Å²) in [6.45, 7) is 0.206. The number of rotatable bonds is 6. The van der Waals surface area contributed by atoms with Crippen LogP contribution in [0.4, 0.5) is 5.82 Å². The summed E-state index contributed by atoms with van der Waals surface area (Å²) in [5.41, 5.74) is 6.56. The maximum Gasteiger partial charge on any atom is 0.229 e. The summed E-state index contributed by atoms with van der Waals surface area (Å²) in [4.78, 5) is 18.6. The van der Waals surface area contributed by atoms with Crippen LogP contribution in [0, 0.1) is 0 Å². The molecule has 21 heavy (non-hydrogen) atoms. The Morgan fingerprint density at radius 2 is 1.95 bits per heavy atom. The van der Waals surface area contributed by atoms with Gasteiger partial charge < -0.3 is 19.9 Å². The molecule has 0 saturated heterocycles. The summed E-state index contributed by atoms with van der Waals surface area (Å²) in [6, 6.07) is 5.38. The molecule has 0 aliphatic rings. The van der Waals surface area contributed by atoms with Gasteiger partial charge in [0.15, 0.2) is 17.8 Å². The lowest BCUT2D eigenvalue weighted by Gasteiger charge is -2.11. The molecule has 110 valence electrons. The highest BCUT2D eigenvalue weighted by atomic mass is 16.5. The first-order chi connectivity index (χ1) is 10.2. The molecule has 2 N–H and O–H groups in total. The number of nitrogens with zero attached hydrogens (tertiary/aromatic N) is 2. The number of nitrogens with two attached hydrogens (primary N) is 1. The first-order valence-corrected chi connectivity index (χ1v) is 6.09. The van der Waals surface area contributed by atoms with Crippen molar-refractivity contribution < 1.29 is 19.0 Å². The van der Waals surface area contributed by atoms with Crippen molar-refractivity contribution in [1.29, 1.82) is 0 Å². The molecule has 0 bridgehead atoms. The van der Waals surface area contributed by atoms with E-state index in [1.54, 1.807) is 26.4 Å². The van der Waals surface area contributed by atoms with Gasteiger partial charge in [-0.3, -0.25) is 4.79 Å². The predicted molar refractivity (Wildman–Crippen MR) is 75.7 cm³/mol. The number of carbonyl (C=O) groups is 1. The first kappa shape index (κ1) is 14.6. The zero-order valence-electron chi connectivity index (χ0n) is 11.7. The second-order valence-electron chi connectivity index (χ2n) is 4.07. The lowest BCUT2D eigenvalue weighted by Crippen LogP contribution is -2.05. The molecule has 0 aliphatic carbocycles. The SMILES string of the molecule is COc1ccc(COc2ncnc(N)c2C=O)cc1OC. The summed E-state index contributed by atoms with van der Waals surface area (Å²) >= 11 is 0. The summed E-state index contributed by atoms with van der Waals surface area (Å²) < 4.78 is 15.9. The number of anilines is 1. The highest BCUT2D eigenvalue weighted by molar-refractivity contribution is 5.84. The molecule has 1 aromatic heterocycles. The number of hydrogen-bond acceptors (Lipinski definition) is 7. The number of carbonyl (C=O) groups excluding carboxylic acids is 1. The van der Waals surface area contributed by atoms with Crippen molar-refractivity contribution in [2.24, 2.45) is 0 Å². The minimum atomic E-state index is 0.0855. The monoisotopic (exact) mass is 289 g/mol. The van der Waals surface area contributed by atoms with Crippen LogP contribution >= 0.6 is 0 Å². The third-order valence-electron chi connectivity index (χ3n) is 2.82. The third kappa shape index (κ3) is 3.19. The summed E-state index contributed by atoms with van der Waals surface area (Å²) in [6.07, 6.45) is 1.81. The molecular formula is C14H15N3O4. The van der Waals surface area contributed by atoms with E-state index in [1.165, 1.54) is 6.33 Å². The Morgan fingerprint density at radius 1 is 1.19 bits per heavy atom. The van der Waals surface area contributed by atoms with Gasteiger partial charge in [0, 0.05) is 0 Å². The Balaban J connectivity index is 2.17. The van der Waals surface area contributed by atoms with Crippen molar-refractivity contribution in [3.05, 3.63) is 35.7 Å². The molecule has 0 radical (unpaired) electrons. The molecule has 7 heteroatoms. The summed E-state index contributed by atoms with van der Waals surface area (Å²) in [5, 5.41) is 0. The van der Waals surface area contributed by atoms with Gasteiger partial charge in [-0.25, -0.2) is 9.97 Å². The van der Waals surface area contributed by atoms with Crippen LogP contribution in [0.3, 0.4) is 0 Å². The van der Waals surface area contributed by atoms with E-state index in [0.29, 0.717) is 17.8 Å². The predicted octanol–water partition coefficient (Wildman–Crippen LogP) is 1.47. The molecule has 2 rings (SSSR count). The fourth-order valence-electron chi connectivity index (χ4n) is 1.74. The quantitative estimate of drug-likeness (QED) is 0.804. The van der Waals surface area contributed by atoms with Crippen LogP contribution in [0.1, 0.15) is 15.9 Å². The molecule has 0 unspecified atom stereocenters. The summed E-state index contributed by atoms with van der Waals surface area (Å²) in [7, 11) is 3.12. The maximum atomic E-state index is 11.0. The lowest BCUT2D eigenvalue weighted by atomic mass is 10.2. The number of hydrogen-bond donors (Lipinski definition) is 1. The van der Waals surface area contributed by atoms with Crippen molar-refractivity contribution in [3.63, 3.8) is 0 Å². The Labute approximate surface area is 121 Å². The van der Waals surface area contributed by atoms with E-state index in [-0.39, 0.29) is 23.9 Å². The number of aldehydes is 1. The molecule has 0 amide bonds. The molecule has 0 atom stereocenters.